The van der Waals surface area contributed by atoms with E-state index in [2.05, 4.69) is 20.9 Å². The van der Waals surface area contributed by atoms with Gasteiger partial charge in [-0.1, -0.05) is 0 Å². The fraction of sp³-hybridized carbons (Fsp3) is 0.125. The molecule has 3 N–H and O–H groups in total. The number of benzene rings is 1. The van der Waals surface area contributed by atoms with Crippen molar-refractivity contribution in [2.75, 3.05) is 5.88 Å². The van der Waals surface area contributed by atoms with Crippen LogP contribution in [0.15, 0.2) is 15.5 Å². The van der Waals surface area contributed by atoms with E-state index >= 15 is 0 Å². The number of phenolic OH excluding ortho intramolecular Hbond substituents is 1. The standard InChI is InChI=1S/C8H6BrClF2N2O/c9-3-1-4(14-5(13)2-10)8(15)7(12)6(3)11/h1,15H,2H2,(H2,13,14). The van der Waals surface area contributed by atoms with E-state index in [9.17, 15) is 13.9 Å². The molecule has 0 aliphatic heterocycles. The van der Waals surface area contributed by atoms with Crippen molar-refractivity contribution in [1.82, 2.24) is 0 Å². The highest BCUT2D eigenvalue weighted by Gasteiger charge is 2.16. The molecule has 82 valence electrons. The number of alkyl halides is 1. The predicted molar refractivity (Wildman–Crippen MR) is 57.7 cm³/mol. The summed E-state index contributed by atoms with van der Waals surface area (Å²) in [6.45, 7) is 0. The largest absolute Gasteiger partial charge is 0.503 e. The van der Waals surface area contributed by atoms with Crippen LogP contribution < -0.4 is 5.73 Å². The number of nitrogens with zero attached hydrogens (tertiary/aromatic N) is 1. The highest BCUT2D eigenvalue weighted by atomic mass is 79.9. The molecular formula is C8H6BrClF2N2O. The number of nitrogens with two attached hydrogens (primary N) is 1. The normalized spacial score (nSPS) is 11.9. The minimum Gasteiger partial charge on any atom is -0.503 e. The summed E-state index contributed by atoms with van der Waals surface area (Å²) in [5, 5.41) is 9.21. The Hall–Kier alpha value is -0.880. The monoisotopic (exact) mass is 298 g/mol. The van der Waals surface area contributed by atoms with Crippen molar-refractivity contribution in [3.8, 4) is 5.75 Å². The summed E-state index contributed by atoms with van der Waals surface area (Å²) in [5.41, 5.74) is 5.11. The Morgan fingerprint density at radius 1 is 1.53 bits per heavy atom. The van der Waals surface area contributed by atoms with E-state index in [-0.39, 0.29) is 21.9 Å². The second kappa shape index (κ2) is 4.76. The van der Waals surface area contributed by atoms with Crippen molar-refractivity contribution < 1.29 is 13.9 Å². The minimum absolute atomic E-state index is 0.00938. The molecule has 15 heavy (non-hydrogen) atoms. The first kappa shape index (κ1) is 12.2. The third-order valence-corrected chi connectivity index (χ3v) is 2.37. The van der Waals surface area contributed by atoms with E-state index in [1.165, 1.54) is 0 Å². The van der Waals surface area contributed by atoms with Gasteiger partial charge in [-0.25, -0.2) is 9.38 Å². The SMILES string of the molecule is NC(CCl)=Nc1cc(Br)c(F)c(F)c1O. The van der Waals surface area contributed by atoms with Gasteiger partial charge in [0.15, 0.2) is 11.6 Å². The van der Waals surface area contributed by atoms with Gasteiger partial charge >= 0.3 is 0 Å². The van der Waals surface area contributed by atoms with Crippen LogP contribution in [0.4, 0.5) is 14.5 Å². The highest BCUT2D eigenvalue weighted by Crippen LogP contribution is 2.35. The summed E-state index contributed by atoms with van der Waals surface area (Å²) in [4.78, 5) is 3.62. The maximum absolute atomic E-state index is 13.0. The number of aliphatic imine (C=N–C) groups is 1. The Morgan fingerprint density at radius 2 is 2.13 bits per heavy atom. The molecule has 0 aliphatic rings. The van der Waals surface area contributed by atoms with Crippen LogP contribution >= 0.6 is 27.5 Å². The molecule has 0 saturated carbocycles. The molecule has 7 heteroatoms. The maximum atomic E-state index is 13.0. The maximum Gasteiger partial charge on any atom is 0.203 e. The number of phenols is 1. The van der Waals surface area contributed by atoms with Gasteiger partial charge < -0.3 is 10.8 Å². The summed E-state index contributed by atoms with van der Waals surface area (Å²) in [7, 11) is 0. The van der Waals surface area contributed by atoms with Crippen LogP contribution in [0.25, 0.3) is 0 Å². The average Bonchev–Trinajstić information content (AvgIpc) is 2.22. The lowest BCUT2D eigenvalue weighted by atomic mass is 10.2. The van der Waals surface area contributed by atoms with E-state index in [0.29, 0.717) is 0 Å². The van der Waals surface area contributed by atoms with E-state index in [1.54, 1.807) is 0 Å². The summed E-state index contributed by atoms with van der Waals surface area (Å²) >= 11 is 8.12. The third kappa shape index (κ3) is 2.57. The fourth-order valence-electron chi connectivity index (χ4n) is 0.843. The van der Waals surface area contributed by atoms with Gasteiger partial charge in [-0.2, -0.15) is 4.39 Å². The number of hydrogen-bond donors (Lipinski definition) is 2. The first-order valence-electron chi connectivity index (χ1n) is 3.72. The highest BCUT2D eigenvalue weighted by molar-refractivity contribution is 9.10. The lowest BCUT2D eigenvalue weighted by Crippen LogP contribution is -2.12. The quantitative estimate of drug-likeness (QED) is 0.382. The lowest BCUT2D eigenvalue weighted by Gasteiger charge is -2.04. The van der Waals surface area contributed by atoms with Gasteiger partial charge in [0, 0.05) is 0 Å². The van der Waals surface area contributed by atoms with Gasteiger partial charge in [0.25, 0.3) is 0 Å². The topological polar surface area (TPSA) is 58.6 Å². The lowest BCUT2D eigenvalue weighted by molar-refractivity contribution is 0.407. The molecule has 1 aromatic rings. The molecule has 0 aliphatic carbocycles. The van der Waals surface area contributed by atoms with E-state index in [0.717, 1.165) is 6.07 Å². The molecule has 0 bridgehead atoms. The number of rotatable bonds is 2. The number of aromatic hydroxyl groups is 1. The summed E-state index contributed by atoms with van der Waals surface area (Å²) < 4.78 is 25.8. The number of halogens is 4. The molecule has 0 radical (unpaired) electrons. The molecule has 0 saturated heterocycles. The van der Waals surface area contributed by atoms with Gasteiger partial charge in [0.2, 0.25) is 5.82 Å². The van der Waals surface area contributed by atoms with Crippen molar-refractivity contribution in [3.63, 3.8) is 0 Å². The number of amidine groups is 1. The van der Waals surface area contributed by atoms with Crippen LogP contribution in [0.3, 0.4) is 0 Å². The molecular weight excluding hydrogens is 293 g/mol. The smallest absolute Gasteiger partial charge is 0.203 e. The predicted octanol–water partition coefficient (Wildman–Crippen LogP) is 2.66. The van der Waals surface area contributed by atoms with Gasteiger partial charge in [-0.3, -0.25) is 0 Å². The summed E-state index contributed by atoms with van der Waals surface area (Å²) in [6, 6.07) is 1.10. The Bertz CT molecular complexity index is 426. The van der Waals surface area contributed by atoms with Crippen LogP contribution in [-0.4, -0.2) is 16.8 Å². The van der Waals surface area contributed by atoms with Crippen molar-refractivity contribution in [2.45, 2.75) is 0 Å². The minimum atomic E-state index is -1.38. The van der Waals surface area contributed by atoms with Gasteiger partial charge in [-0.05, 0) is 22.0 Å². The Kier molecular flexibility index (Phi) is 3.87. The van der Waals surface area contributed by atoms with Gasteiger partial charge in [0.1, 0.15) is 11.5 Å². The van der Waals surface area contributed by atoms with Gasteiger partial charge in [-0.15, -0.1) is 11.6 Å². The molecule has 1 aromatic carbocycles. The van der Waals surface area contributed by atoms with Crippen LogP contribution in [0.5, 0.6) is 5.75 Å². The van der Waals surface area contributed by atoms with Gasteiger partial charge in [0.05, 0.1) is 10.4 Å². The molecule has 0 atom stereocenters. The van der Waals surface area contributed by atoms with Crippen molar-refractivity contribution in [1.29, 1.82) is 0 Å². The van der Waals surface area contributed by atoms with Crippen molar-refractivity contribution in [2.24, 2.45) is 10.7 Å². The van der Waals surface area contributed by atoms with Crippen LogP contribution in [0.2, 0.25) is 0 Å². The number of hydrogen-bond acceptors (Lipinski definition) is 2. The van der Waals surface area contributed by atoms with Crippen LogP contribution in [0, 0.1) is 11.6 Å². The average molecular weight is 300 g/mol. The molecule has 0 fully saturated rings. The van der Waals surface area contributed by atoms with Crippen molar-refractivity contribution in [3.05, 3.63) is 22.2 Å². The third-order valence-electron chi connectivity index (χ3n) is 1.52. The molecule has 0 unspecified atom stereocenters. The van der Waals surface area contributed by atoms with E-state index in [1.807, 2.05) is 0 Å². The second-order valence-electron chi connectivity index (χ2n) is 2.59. The fourth-order valence-corrected chi connectivity index (χ4v) is 1.29. The van der Waals surface area contributed by atoms with E-state index < -0.39 is 17.4 Å². The van der Waals surface area contributed by atoms with E-state index in [4.69, 9.17) is 17.3 Å². The van der Waals surface area contributed by atoms with Crippen LogP contribution in [0.1, 0.15) is 0 Å². The molecule has 0 spiro atoms. The summed E-state index contributed by atoms with van der Waals surface area (Å²) in [6.07, 6.45) is 0. The Labute approximate surface area is 97.7 Å². The summed E-state index contributed by atoms with van der Waals surface area (Å²) in [5.74, 6) is -3.55. The van der Waals surface area contributed by atoms with Crippen molar-refractivity contribution >= 4 is 39.1 Å². The molecule has 3 nitrogen and oxygen atoms in total. The first-order valence-corrected chi connectivity index (χ1v) is 5.05. The zero-order valence-corrected chi connectivity index (χ0v) is 9.61. The zero-order chi connectivity index (χ0) is 11.6. The molecule has 0 aromatic heterocycles. The second-order valence-corrected chi connectivity index (χ2v) is 3.71. The molecule has 0 amide bonds. The molecule has 0 heterocycles. The van der Waals surface area contributed by atoms with Crippen LogP contribution in [-0.2, 0) is 0 Å². The Morgan fingerprint density at radius 3 is 2.67 bits per heavy atom. The first-order chi connectivity index (χ1) is 6.97. The Balaban J connectivity index is 3.33. The zero-order valence-electron chi connectivity index (χ0n) is 7.27. The molecule has 1 rings (SSSR count).